The lowest BCUT2D eigenvalue weighted by Crippen LogP contribution is -2.12. The molecule has 2 aromatic carbocycles. The number of phenols is 1. The Kier molecular flexibility index (Phi) is 4.13. The molecule has 1 heteroatoms. The molecule has 0 aliphatic rings. The molecule has 0 heterocycles. The van der Waals surface area contributed by atoms with Gasteiger partial charge in [0.05, 0.1) is 0 Å². The summed E-state index contributed by atoms with van der Waals surface area (Å²) in [6.45, 7) is 12.9. The summed E-state index contributed by atoms with van der Waals surface area (Å²) >= 11 is 0. The lowest BCUT2D eigenvalue weighted by molar-refractivity contribution is 0.446. The van der Waals surface area contributed by atoms with Gasteiger partial charge in [0.25, 0.3) is 0 Å². The first-order valence-electron chi connectivity index (χ1n) is 7.58. The van der Waals surface area contributed by atoms with Crippen LogP contribution in [0.4, 0.5) is 0 Å². The Hall–Kier alpha value is -1.76. The minimum atomic E-state index is -0.0433. The third kappa shape index (κ3) is 3.29. The molecular formula is C20H26O. The van der Waals surface area contributed by atoms with Gasteiger partial charge in [0.1, 0.15) is 5.75 Å². The summed E-state index contributed by atoms with van der Waals surface area (Å²) < 4.78 is 0. The third-order valence-corrected chi connectivity index (χ3v) is 4.43. The fraction of sp³-hybridized carbons (Fsp3) is 0.400. The van der Waals surface area contributed by atoms with Gasteiger partial charge < -0.3 is 5.11 Å². The van der Waals surface area contributed by atoms with Crippen LogP contribution in [0.5, 0.6) is 5.75 Å². The van der Waals surface area contributed by atoms with E-state index in [-0.39, 0.29) is 5.41 Å². The average Bonchev–Trinajstić information content (AvgIpc) is 2.40. The van der Waals surface area contributed by atoms with Crippen LogP contribution in [0.1, 0.15) is 54.2 Å². The highest BCUT2D eigenvalue weighted by Gasteiger charge is 2.18. The molecule has 0 unspecified atom stereocenters. The zero-order valence-electron chi connectivity index (χ0n) is 14.0. The van der Waals surface area contributed by atoms with E-state index in [9.17, 15) is 5.11 Å². The average molecular weight is 282 g/mol. The highest BCUT2D eigenvalue weighted by Crippen LogP contribution is 2.32. The van der Waals surface area contributed by atoms with Gasteiger partial charge in [-0.1, -0.05) is 45.0 Å². The second-order valence-electron chi connectivity index (χ2n) is 7.07. The molecule has 21 heavy (non-hydrogen) atoms. The van der Waals surface area contributed by atoms with E-state index in [2.05, 4.69) is 59.7 Å². The summed E-state index contributed by atoms with van der Waals surface area (Å²) in [5, 5.41) is 10.1. The maximum absolute atomic E-state index is 10.1. The van der Waals surface area contributed by atoms with E-state index in [0.29, 0.717) is 5.75 Å². The van der Waals surface area contributed by atoms with Crippen molar-refractivity contribution in [2.75, 3.05) is 0 Å². The molecule has 0 atom stereocenters. The minimum absolute atomic E-state index is 0.0433. The van der Waals surface area contributed by atoms with Gasteiger partial charge in [-0.2, -0.15) is 0 Å². The number of hydrogen-bond donors (Lipinski definition) is 1. The first-order chi connectivity index (χ1) is 9.70. The molecule has 0 amide bonds. The van der Waals surface area contributed by atoms with Crippen LogP contribution in [-0.4, -0.2) is 5.11 Å². The largest absolute Gasteiger partial charge is 0.508 e. The molecule has 1 N–H and O–H groups in total. The van der Waals surface area contributed by atoms with Crippen molar-refractivity contribution in [1.29, 1.82) is 0 Å². The van der Waals surface area contributed by atoms with Gasteiger partial charge in [-0.3, -0.25) is 0 Å². The summed E-state index contributed by atoms with van der Waals surface area (Å²) in [4.78, 5) is 0. The molecule has 2 aromatic rings. The monoisotopic (exact) mass is 282 g/mol. The Morgan fingerprint density at radius 2 is 1.57 bits per heavy atom. The minimum Gasteiger partial charge on any atom is -0.508 e. The summed E-state index contributed by atoms with van der Waals surface area (Å²) in [5.41, 5.74) is 7.69. The van der Waals surface area contributed by atoms with E-state index in [0.717, 1.165) is 12.0 Å². The Morgan fingerprint density at radius 3 is 2.19 bits per heavy atom. The summed E-state index contributed by atoms with van der Waals surface area (Å²) in [6.07, 6.45) is 0.913. The van der Waals surface area contributed by atoms with Crippen LogP contribution in [-0.2, 0) is 11.8 Å². The SMILES string of the molecule is Cc1ccc(Cc2ccc(O)c(C(C)(C)C)c2)c(C)c1C. The number of aryl methyl sites for hydroxylation is 1. The first kappa shape index (κ1) is 15.6. The van der Waals surface area contributed by atoms with Gasteiger partial charge in [0, 0.05) is 0 Å². The van der Waals surface area contributed by atoms with Gasteiger partial charge in [-0.25, -0.2) is 0 Å². The summed E-state index contributed by atoms with van der Waals surface area (Å²) in [7, 11) is 0. The van der Waals surface area contributed by atoms with Crippen molar-refractivity contribution < 1.29 is 5.11 Å². The van der Waals surface area contributed by atoms with E-state index in [1.807, 2.05) is 12.1 Å². The van der Waals surface area contributed by atoms with Crippen LogP contribution >= 0.6 is 0 Å². The second-order valence-corrected chi connectivity index (χ2v) is 7.07. The molecule has 0 aromatic heterocycles. The molecule has 0 radical (unpaired) electrons. The lowest BCUT2D eigenvalue weighted by Gasteiger charge is -2.21. The zero-order chi connectivity index (χ0) is 15.8. The maximum atomic E-state index is 10.1. The van der Waals surface area contributed by atoms with E-state index >= 15 is 0 Å². The fourth-order valence-corrected chi connectivity index (χ4v) is 2.72. The van der Waals surface area contributed by atoms with Gasteiger partial charge in [-0.05, 0) is 72.1 Å². The van der Waals surface area contributed by atoms with E-state index in [1.54, 1.807) is 0 Å². The van der Waals surface area contributed by atoms with Crippen LogP contribution < -0.4 is 0 Å². The number of rotatable bonds is 2. The smallest absolute Gasteiger partial charge is 0.119 e. The molecule has 0 spiro atoms. The van der Waals surface area contributed by atoms with Crippen LogP contribution in [0.25, 0.3) is 0 Å². The van der Waals surface area contributed by atoms with Crippen molar-refractivity contribution >= 4 is 0 Å². The van der Waals surface area contributed by atoms with Crippen LogP contribution in [0.3, 0.4) is 0 Å². The topological polar surface area (TPSA) is 20.2 Å². The van der Waals surface area contributed by atoms with Crippen molar-refractivity contribution in [2.24, 2.45) is 0 Å². The molecule has 0 aliphatic heterocycles. The summed E-state index contributed by atoms with van der Waals surface area (Å²) in [5.74, 6) is 0.392. The van der Waals surface area contributed by atoms with E-state index < -0.39 is 0 Å². The molecular weight excluding hydrogens is 256 g/mol. The van der Waals surface area contributed by atoms with Crippen molar-refractivity contribution in [2.45, 2.75) is 53.4 Å². The maximum Gasteiger partial charge on any atom is 0.119 e. The zero-order valence-corrected chi connectivity index (χ0v) is 14.0. The molecule has 0 fully saturated rings. The van der Waals surface area contributed by atoms with Gasteiger partial charge >= 0.3 is 0 Å². The highest BCUT2D eigenvalue weighted by atomic mass is 16.3. The standard InChI is InChI=1S/C20H26O/c1-13-7-9-17(15(3)14(13)2)11-16-8-10-19(21)18(12-16)20(4,5)6/h7-10,12,21H,11H2,1-6H3. The molecule has 1 nitrogen and oxygen atoms in total. The predicted molar refractivity (Wildman–Crippen MR) is 90.3 cm³/mol. The number of phenolic OH excluding ortho intramolecular Hbond substituents is 1. The Balaban J connectivity index is 2.39. The molecule has 112 valence electrons. The van der Waals surface area contributed by atoms with Crippen LogP contribution in [0.2, 0.25) is 0 Å². The third-order valence-electron chi connectivity index (χ3n) is 4.43. The van der Waals surface area contributed by atoms with E-state index in [1.165, 1.54) is 27.8 Å². The van der Waals surface area contributed by atoms with Crippen LogP contribution in [0.15, 0.2) is 30.3 Å². The molecule has 2 rings (SSSR count). The molecule has 0 bridgehead atoms. The first-order valence-corrected chi connectivity index (χ1v) is 7.58. The fourth-order valence-electron chi connectivity index (χ4n) is 2.72. The Labute approximate surface area is 128 Å². The predicted octanol–water partition coefficient (Wildman–Crippen LogP) is 5.21. The molecule has 0 saturated heterocycles. The quantitative estimate of drug-likeness (QED) is 0.802. The van der Waals surface area contributed by atoms with Gasteiger partial charge in [0.15, 0.2) is 0 Å². The Morgan fingerprint density at radius 1 is 0.905 bits per heavy atom. The Bertz CT molecular complexity index is 660. The van der Waals surface area contributed by atoms with Gasteiger partial charge in [-0.15, -0.1) is 0 Å². The highest BCUT2D eigenvalue weighted by molar-refractivity contribution is 5.45. The second kappa shape index (κ2) is 5.55. The van der Waals surface area contributed by atoms with Gasteiger partial charge in [0.2, 0.25) is 0 Å². The van der Waals surface area contributed by atoms with Crippen molar-refractivity contribution in [3.05, 3.63) is 63.7 Å². The number of benzene rings is 2. The van der Waals surface area contributed by atoms with Crippen molar-refractivity contribution in [1.82, 2.24) is 0 Å². The molecule has 0 aliphatic carbocycles. The van der Waals surface area contributed by atoms with Crippen LogP contribution in [0, 0.1) is 20.8 Å². The van der Waals surface area contributed by atoms with Crippen molar-refractivity contribution in [3.63, 3.8) is 0 Å². The number of aromatic hydroxyl groups is 1. The van der Waals surface area contributed by atoms with Crippen molar-refractivity contribution in [3.8, 4) is 5.75 Å². The lowest BCUT2D eigenvalue weighted by atomic mass is 9.84. The van der Waals surface area contributed by atoms with E-state index in [4.69, 9.17) is 0 Å². The normalized spacial score (nSPS) is 11.7. The number of hydrogen-bond acceptors (Lipinski definition) is 1. The summed E-state index contributed by atoms with van der Waals surface area (Å²) in [6, 6.07) is 10.4. The molecule has 0 saturated carbocycles.